The van der Waals surface area contributed by atoms with Crippen molar-refractivity contribution in [2.24, 2.45) is 17.6 Å². The van der Waals surface area contributed by atoms with Crippen molar-refractivity contribution in [1.29, 1.82) is 0 Å². The number of nitrogens with zero attached hydrogens (tertiary/aromatic N) is 2. The van der Waals surface area contributed by atoms with Gasteiger partial charge in [0.25, 0.3) is 5.91 Å². The monoisotopic (exact) mass is 407 g/mol. The third-order valence-electron chi connectivity index (χ3n) is 7.29. The van der Waals surface area contributed by atoms with Crippen LogP contribution in [0.3, 0.4) is 0 Å². The Bertz CT molecular complexity index is 729. The summed E-state index contributed by atoms with van der Waals surface area (Å²) in [4.78, 5) is 29.3. The highest BCUT2D eigenvalue weighted by Crippen LogP contribution is 2.58. The lowest BCUT2D eigenvalue weighted by atomic mass is 9.82. The number of hydrogen-bond donors (Lipinski definition) is 2. The maximum absolute atomic E-state index is 12.4. The van der Waals surface area contributed by atoms with E-state index in [4.69, 9.17) is 10.5 Å². The van der Waals surface area contributed by atoms with Gasteiger partial charge in [0.2, 0.25) is 0 Å². The molecule has 8 heteroatoms. The number of hydrogen-bond acceptors (Lipinski definition) is 6. The molecule has 1 aliphatic carbocycles. The first kappa shape index (κ1) is 18.9. The van der Waals surface area contributed by atoms with E-state index >= 15 is 0 Å². The number of carboxylic acid groups (broad SMARTS) is 1. The topological polar surface area (TPSA) is 99.4 Å². The number of thioether (sulfide) groups is 1. The number of nitrogens with two attached hydrogens (primary N) is 1. The van der Waals surface area contributed by atoms with Crippen LogP contribution < -0.4 is 5.73 Å². The molecule has 5 rings (SSSR count). The fourth-order valence-electron chi connectivity index (χ4n) is 5.66. The minimum atomic E-state index is -0.992. The Kier molecular flexibility index (Phi) is 4.54. The van der Waals surface area contributed by atoms with Crippen LogP contribution in [0.2, 0.25) is 0 Å². The van der Waals surface area contributed by atoms with Crippen LogP contribution in [0.4, 0.5) is 0 Å². The van der Waals surface area contributed by atoms with E-state index in [1.165, 1.54) is 17.7 Å². The molecule has 0 aromatic heterocycles. The first-order chi connectivity index (χ1) is 13.4. The molecule has 4 heterocycles. The second-order valence-corrected chi connectivity index (χ2v) is 10.5. The molecule has 5 aliphatic rings. The zero-order chi connectivity index (χ0) is 19.6. The number of carbonyl (C=O) groups is 2. The highest BCUT2D eigenvalue weighted by atomic mass is 32.2. The van der Waals surface area contributed by atoms with Crippen LogP contribution in [0.1, 0.15) is 39.0 Å². The van der Waals surface area contributed by atoms with Crippen molar-refractivity contribution in [3.05, 3.63) is 10.6 Å². The number of carbonyl (C=O) groups excluding carboxylic acids is 1. The fraction of sp³-hybridized carbons (Fsp3) is 0.800. The van der Waals surface area contributed by atoms with E-state index < -0.39 is 11.6 Å². The van der Waals surface area contributed by atoms with E-state index in [2.05, 4.69) is 4.90 Å². The molecule has 28 heavy (non-hydrogen) atoms. The van der Waals surface area contributed by atoms with Gasteiger partial charge in [-0.05, 0) is 44.6 Å². The Balaban J connectivity index is 1.24. The van der Waals surface area contributed by atoms with Crippen LogP contribution in [-0.2, 0) is 14.3 Å². The third-order valence-corrected chi connectivity index (χ3v) is 8.82. The predicted octanol–water partition coefficient (Wildman–Crippen LogP) is 1.24. The SMILES string of the molecule is CC1C(SC2CCN(CC3CCC(N)CC3)C2)=C(C(=O)O)N2C(=O)C3(CO3)C12. The minimum absolute atomic E-state index is 0.0326. The van der Waals surface area contributed by atoms with E-state index in [1.807, 2.05) is 6.92 Å². The summed E-state index contributed by atoms with van der Waals surface area (Å²) < 4.78 is 5.45. The van der Waals surface area contributed by atoms with E-state index in [0.717, 1.165) is 49.7 Å². The molecule has 0 radical (unpaired) electrons. The number of amides is 1. The summed E-state index contributed by atoms with van der Waals surface area (Å²) in [6, 6.07) is 0.257. The van der Waals surface area contributed by atoms with Crippen LogP contribution in [0, 0.1) is 11.8 Å². The lowest BCUT2D eigenvalue weighted by Gasteiger charge is -2.43. The molecule has 154 valence electrons. The number of aliphatic carboxylic acids is 1. The predicted molar refractivity (Wildman–Crippen MR) is 106 cm³/mol. The van der Waals surface area contributed by atoms with Gasteiger partial charge in [0.15, 0.2) is 5.60 Å². The fourth-order valence-corrected chi connectivity index (χ4v) is 7.17. The molecule has 1 spiro atoms. The lowest BCUT2D eigenvalue weighted by Crippen LogP contribution is -2.67. The molecule has 0 aromatic rings. The summed E-state index contributed by atoms with van der Waals surface area (Å²) in [5, 5.41) is 10.2. The largest absolute Gasteiger partial charge is 0.477 e. The summed E-state index contributed by atoms with van der Waals surface area (Å²) in [6.45, 7) is 5.68. The highest BCUT2D eigenvalue weighted by molar-refractivity contribution is 8.03. The van der Waals surface area contributed by atoms with Gasteiger partial charge in [-0.2, -0.15) is 0 Å². The highest BCUT2D eigenvalue weighted by Gasteiger charge is 2.76. The Morgan fingerprint density at radius 2 is 2.04 bits per heavy atom. The molecule has 1 saturated carbocycles. The smallest absolute Gasteiger partial charge is 0.353 e. The van der Waals surface area contributed by atoms with Crippen LogP contribution in [0.5, 0.6) is 0 Å². The molecule has 4 fully saturated rings. The van der Waals surface area contributed by atoms with Gasteiger partial charge in [-0.1, -0.05) is 6.92 Å². The van der Waals surface area contributed by atoms with Crippen LogP contribution in [-0.4, -0.2) is 76.0 Å². The van der Waals surface area contributed by atoms with Gasteiger partial charge in [0.1, 0.15) is 5.70 Å². The Morgan fingerprint density at radius 3 is 2.68 bits per heavy atom. The van der Waals surface area contributed by atoms with Crippen LogP contribution in [0.15, 0.2) is 10.6 Å². The van der Waals surface area contributed by atoms with E-state index in [9.17, 15) is 14.7 Å². The summed E-state index contributed by atoms with van der Waals surface area (Å²) >= 11 is 1.69. The number of epoxide rings is 1. The zero-order valence-electron chi connectivity index (χ0n) is 16.3. The van der Waals surface area contributed by atoms with Gasteiger partial charge in [0.05, 0.1) is 12.6 Å². The molecule has 4 aliphatic heterocycles. The van der Waals surface area contributed by atoms with E-state index in [1.54, 1.807) is 11.8 Å². The molecule has 0 bridgehead atoms. The number of rotatable bonds is 5. The molecule has 1 amide bonds. The minimum Gasteiger partial charge on any atom is -0.477 e. The van der Waals surface area contributed by atoms with Gasteiger partial charge < -0.3 is 20.5 Å². The van der Waals surface area contributed by atoms with E-state index in [-0.39, 0.29) is 23.6 Å². The average Bonchev–Trinajstić information content (AvgIpc) is 3.31. The van der Waals surface area contributed by atoms with Gasteiger partial charge in [-0.15, -0.1) is 11.8 Å². The molecule has 7 nitrogen and oxygen atoms in total. The second kappa shape index (κ2) is 6.72. The number of likely N-dealkylation sites (tertiary alicyclic amines) is 1. The standard InChI is InChI=1S/C20H29N3O4S/c1-11-16(15(18(24)25)23-17(11)20(10-27-20)19(23)26)28-14-6-7-22(9-14)8-12-2-4-13(21)5-3-12/h11-14,17H,2-10,21H2,1H3,(H,24,25). The summed E-state index contributed by atoms with van der Waals surface area (Å²) in [6.07, 6.45) is 5.79. The molecule has 3 N–H and O–H groups in total. The quantitative estimate of drug-likeness (QED) is 0.522. The number of ether oxygens (including phenoxy) is 1. The molecule has 4 unspecified atom stereocenters. The second-order valence-electron chi connectivity index (χ2n) is 9.17. The third kappa shape index (κ3) is 2.83. The van der Waals surface area contributed by atoms with Gasteiger partial charge in [-0.3, -0.25) is 9.69 Å². The lowest BCUT2D eigenvalue weighted by molar-refractivity contribution is -0.158. The molecule has 4 atom stereocenters. The van der Waals surface area contributed by atoms with Crippen molar-refractivity contribution in [2.45, 2.75) is 62.0 Å². The van der Waals surface area contributed by atoms with Crippen molar-refractivity contribution in [3.8, 4) is 0 Å². The van der Waals surface area contributed by atoms with Gasteiger partial charge >= 0.3 is 5.97 Å². The van der Waals surface area contributed by atoms with Gasteiger partial charge in [-0.25, -0.2) is 4.79 Å². The summed E-state index contributed by atoms with van der Waals surface area (Å²) in [7, 11) is 0. The van der Waals surface area contributed by atoms with Crippen LogP contribution in [0.25, 0.3) is 0 Å². The van der Waals surface area contributed by atoms with Crippen molar-refractivity contribution < 1.29 is 19.4 Å². The molecule has 3 saturated heterocycles. The molecular formula is C20H29N3O4S. The number of carboxylic acids is 1. The zero-order valence-corrected chi connectivity index (χ0v) is 17.1. The molecule has 0 aromatic carbocycles. The van der Waals surface area contributed by atoms with Crippen molar-refractivity contribution in [3.63, 3.8) is 0 Å². The van der Waals surface area contributed by atoms with E-state index in [0.29, 0.717) is 17.9 Å². The first-order valence-corrected chi connectivity index (χ1v) is 11.4. The van der Waals surface area contributed by atoms with Gasteiger partial charge in [0, 0.05) is 35.2 Å². The Hall–Kier alpha value is -1.09. The number of fused-ring (bicyclic) bond motifs is 2. The van der Waals surface area contributed by atoms with Crippen molar-refractivity contribution in [2.75, 3.05) is 26.2 Å². The Morgan fingerprint density at radius 1 is 1.32 bits per heavy atom. The maximum atomic E-state index is 12.4. The van der Waals surface area contributed by atoms with Crippen molar-refractivity contribution >= 4 is 23.6 Å². The Labute approximate surface area is 169 Å². The first-order valence-electron chi connectivity index (χ1n) is 10.5. The molecular weight excluding hydrogens is 378 g/mol. The van der Waals surface area contributed by atoms with Crippen molar-refractivity contribution in [1.82, 2.24) is 9.80 Å². The normalized spacial score (nSPS) is 42.9. The average molecular weight is 408 g/mol. The summed E-state index contributed by atoms with van der Waals surface area (Å²) in [5.41, 5.74) is 5.51. The summed E-state index contributed by atoms with van der Waals surface area (Å²) in [5.74, 6) is -0.380. The maximum Gasteiger partial charge on any atom is 0.353 e. The van der Waals surface area contributed by atoms with Crippen LogP contribution >= 0.6 is 11.8 Å². The number of β-lactam (4-membered cyclic amide) rings is 1.